The SMILES string of the molecule is COc1cc(C(C)=NNC(N)=O)ccc1SC(F)F. The molecule has 0 radical (unpaired) electrons. The van der Waals surface area contributed by atoms with E-state index >= 15 is 0 Å². The second kappa shape index (κ2) is 6.93. The molecule has 0 unspecified atom stereocenters. The van der Waals surface area contributed by atoms with Crippen molar-refractivity contribution in [3.05, 3.63) is 23.8 Å². The van der Waals surface area contributed by atoms with Crippen molar-refractivity contribution in [2.24, 2.45) is 10.8 Å². The lowest BCUT2D eigenvalue weighted by Gasteiger charge is -2.09. The Balaban J connectivity index is 2.99. The number of nitrogens with two attached hydrogens (primary N) is 1. The number of amides is 2. The van der Waals surface area contributed by atoms with E-state index in [9.17, 15) is 13.6 Å². The zero-order chi connectivity index (χ0) is 14.4. The molecule has 0 saturated heterocycles. The van der Waals surface area contributed by atoms with E-state index in [0.29, 0.717) is 33.7 Å². The van der Waals surface area contributed by atoms with Crippen LogP contribution in [0.1, 0.15) is 12.5 Å². The Morgan fingerprint density at radius 3 is 2.74 bits per heavy atom. The number of hydrazone groups is 1. The molecule has 0 aliphatic rings. The molecule has 0 spiro atoms. The maximum atomic E-state index is 12.3. The number of methoxy groups -OCH3 is 1. The number of rotatable bonds is 5. The highest BCUT2D eigenvalue weighted by atomic mass is 32.2. The molecular weight excluding hydrogens is 276 g/mol. The number of halogens is 2. The topological polar surface area (TPSA) is 76.7 Å². The van der Waals surface area contributed by atoms with E-state index in [-0.39, 0.29) is 0 Å². The Morgan fingerprint density at radius 2 is 2.21 bits per heavy atom. The number of benzene rings is 1. The molecule has 1 rings (SSSR count). The molecule has 0 heterocycles. The summed E-state index contributed by atoms with van der Waals surface area (Å²) >= 11 is 0.400. The Labute approximate surface area is 113 Å². The standard InChI is InChI=1S/C11H13F2N3O2S/c1-6(15-16-11(14)17)7-3-4-9(19-10(12)13)8(5-7)18-2/h3-5,10H,1-2H3,(H3,14,16,17). The van der Waals surface area contributed by atoms with Crippen molar-refractivity contribution < 1.29 is 18.3 Å². The van der Waals surface area contributed by atoms with Crippen LogP contribution in [0.3, 0.4) is 0 Å². The van der Waals surface area contributed by atoms with E-state index in [1.165, 1.54) is 13.2 Å². The normalized spacial score (nSPS) is 11.5. The zero-order valence-corrected chi connectivity index (χ0v) is 11.1. The van der Waals surface area contributed by atoms with E-state index in [1.54, 1.807) is 19.1 Å². The van der Waals surface area contributed by atoms with Gasteiger partial charge in [0, 0.05) is 5.56 Å². The van der Waals surface area contributed by atoms with Crippen LogP contribution in [0.4, 0.5) is 13.6 Å². The van der Waals surface area contributed by atoms with Gasteiger partial charge in [-0.1, -0.05) is 17.8 Å². The van der Waals surface area contributed by atoms with E-state index in [1.807, 2.05) is 0 Å². The fourth-order valence-corrected chi connectivity index (χ4v) is 1.89. The second-order valence-corrected chi connectivity index (χ2v) is 4.45. The number of primary amides is 1. The lowest BCUT2D eigenvalue weighted by atomic mass is 10.1. The largest absolute Gasteiger partial charge is 0.496 e. The van der Waals surface area contributed by atoms with Crippen molar-refractivity contribution in [3.63, 3.8) is 0 Å². The number of ether oxygens (including phenoxy) is 1. The van der Waals surface area contributed by atoms with Gasteiger partial charge >= 0.3 is 6.03 Å². The number of thioether (sulfide) groups is 1. The summed E-state index contributed by atoms with van der Waals surface area (Å²) in [5, 5.41) is 3.74. The van der Waals surface area contributed by atoms with Crippen LogP contribution in [0.15, 0.2) is 28.2 Å². The average molecular weight is 289 g/mol. The summed E-state index contributed by atoms with van der Waals surface area (Å²) in [4.78, 5) is 10.9. The van der Waals surface area contributed by atoms with Crippen LogP contribution < -0.4 is 15.9 Å². The van der Waals surface area contributed by atoms with Crippen molar-refractivity contribution >= 4 is 23.5 Å². The lowest BCUT2D eigenvalue weighted by molar-refractivity contribution is 0.249. The summed E-state index contributed by atoms with van der Waals surface area (Å²) in [7, 11) is 1.39. The van der Waals surface area contributed by atoms with Gasteiger partial charge in [-0.2, -0.15) is 13.9 Å². The Hall–Kier alpha value is -1.83. The number of nitrogens with one attached hydrogen (secondary N) is 1. The third kappa shape index (κ3) is 4.74. The van der Waals surface area contributed by atoms with Gasteiger partial charge in [-0.15, -0.1) is 0 Å². The summed E-state index contributed by atoms with van der Waals surface area (Å²) in [6.07, 6.45) is 0. The minimum absolute atomic E-state index is 0.316. The van der Waals surface area contributed by atoms with E-state index < -0.39 is 11.8 Å². The fraction of sp³-hybridized carbons (Fsp3) is 0.273. The third-order valence-corrected chi connectivity index (χ3v) is 2.90. The fourth-order valence-electron chi connectivity index (χ4n) is 1.29. The maximum absolute atomic E-state index is 12.3. The molecule has 1 aromatic rings. The maximum Gasteiger partial charge on any atom is 0.332 e. The molecular formula is C11H13F2N3O2S. The van der Waals surface area contributed by atoms with E-state index in [2.05, 4.69) is 10.5 Å². The molecule has 0 fully saturated rings. The number of alkyl halides is 2. The Kier molecular flexibility index (Phi) is 5.56. The molecule has 104 valence electrons. The number of hydrogen-bond acceptors (Lipinski definition) is 4. The second-order valence-electron chi connectivity index (χ2n) is 3.42. The van der Waals surface area contributed by atoms with Gasteiger partial charge in [-0.25, -0.2) is 10.2 Å². The van der Waals surface area contributed by atoms with Crippen LogP contribution in [0, 0.1) is 0 Å². The summed E-state index contributed by atoms with van der Waals surface area (Å²) in [6, 6.07) is 3.89. The van der Waals surface area contributed by atoms with Crippen molar-refractivity contribution in [3.8, 4) is 5.75 Å². The predicted molar refractivity (Wildman–Crippen MR) is 69.8 cm³/mol. The van der Waals surface area contributed by atoms with Gasteiger partial charge in [0.15, 0.2) is 0 Å². The first-order chi connectivity index (χ1) is 8.93. The molecule has 19 heavy (non-hydrogen) atoms. The van der Waals surface area contributed by atoms with Crippen LogP contribution in [-0.4, -0.2) is 24.6 Å². The molecule has 0 aromatic heterocycles. The molecule has 0 aliphatic heterocycles. The Bertz CT molecular complexity index is 495. The minimum Gasteiger partial charge on any atom is -0.496 e. The quantitative estimate of drug-likeness (QED) is 0.496. The first-order valence-corrected chi connectivity index (χ1v) is 6.05. The van der Waals surface area contributed by atoms with Crippen LogP contribution >= 0.6 is 11.8 Å². The first-order valence-electron chi connectivity index (χ1n) is 5.17. The summed E-state index contributed by atoms with van der Waals surface area (Å²) in [6.45, 7) is 1.64. The molecule has 2 amide bonds. The summed E-state index contributed by atoms with van der Waals surface area (Å²) in [5.41, 5.74) is 8.08. The molecule has 8 heteroatoms. The highest BCUT2D eigenvalue weighted by molar-refractivity contribution is 7.99. The van der Waals surface area contributed by atoms with Crippen molar-refractivity contribution in [1.29, 1.82) is 0 Å². The molecule has 0 saturated carbocycles. The smallest absolute Gasteiger partial charge is 0.332 e. The Morgan fingerprint density at radius 1 is 1.53 bits per heavy atom. The molecule has 1 aromatic carbocycles. The summed E-state index contributed by atoms with van der Waals surface area (Å²) in [5.74, 6) is -2.21. The van der Waals surface area contributed by atoms with Gasteiger partial charge in [0.05, 0.1) is 17.7 Å². The molecule has 5 nitrogen and oxygen atoms in total. The van der Waals surface area contributed by atoms with Crippen LogP contribution in [0.25, 0.3) is 0 Å². The monoisotopic (exact) mass is 289 g/mol. The number of urea groups is 1. The number of carbonyl (C=O) groups is 1. The molecule has 0 aliphatic carbocycles. The number of carbonyl (C=O) groups excluding carboxylic acids is 1. The van der Waals surface area contributed by atoms with E-state index in [4.69, 9.17) is 10.5 Å². The van der Waals surface area contributed by atoms with Gasteiger partial charge < -0.3 is 10.5 Å². The number of hydrogen-bond donors (Lipinski definition) is 2. The molecule has 0 atom stereocenters. The minimum atomic E-state index is -2.52. The van der Waals surface area contributed by atoms with E-state index in [0.717, 1.165) is 0 Å². The molecule has 0 bridgehead atoms. The van der Waals surface area contributed by atoms with Crippen LogP contribution in [0.2, 0.25) is 0 Å². The highest BCUT2D eigenvalue weighted by Crippen LogP contribution is 2.34. The zero-order valence-electron chi connectivity index (χ0n) is 10.3. The lowest BCUT2D eigenvalue weighted by Crippen LogP contribution is -2.25. The van der Waals surface area contributed by atoms with Crippen LogP contribution in [0.5, 0.6) is 5.75 Å². The average Bonchev–Trinajstić information content (AvgIpc) is 2.35. The molecule has 3 N–H and O–H groups in total. The van der Waals surface area contributed by atoms with Gasteiger partial charge in [-0.05, 0) is 19.1 Å². The third-order valence-electron chi connectivity index (χ3n) is 2.13. The predicted octanol–water partition coefficient (Wildman–Crippen LogP) is 2.40. The van der Waals surface area contributed by atoms with Gasteiger partial charge in [-0.3, -0.25) is 0 Å². The van der Waals surface area contributed by atoms with Crippen molar-refractivity contribution in [2.45, 2.75) is 17.6 Å². The summed E-state index contributed by atoms with van der Waals surface area (Å²) < 4.78 is 29.7. The van der Waals surface area contributed by atoms with Gasteiger partial charge in [0.1, 0.15) is 5.75 Å². The van der Waals surface area contributed by atoms with Crippen LogP contribution in [-0.2, 0) is 0 Å². The first kappa shape index (κ1) is 15.2. The highest BCUT2D eigenvalue weighted by Gasteiger charge is 2.12. The van der Waals surface area contributed by atoms with Crippen molar-refractivity contribution in [2.75, 3.05) is 7.11 Å². The van der Waals surface area contributed by atoms with Crippen molar-refractivity contribution in [1.82, 2.24) is 5.43 Å². The van der Waals surface area contributed by atoms with Gasteiger partial charge in [0.25, 0.3) is 5.76 Å². The van der Waals surface area contributed by atoms with Gasteiger partial charge in [0.2, 0.25) is 0 Å². The number of nitrogens with zero attached hydrogens (tertiary/aromatic N) is 1.